The third-order valence-corrected chi connectivity index (χ3v) is 13.7. The topological polar surface area (TPSA) is 159 Å². The monoisotopic (exact) mass is 773 g/mol. The minimum absolute atomic E-state index is 0.0542. The number of anilines is 1. The van der Waals surface area contributed by atoms with E-state index in [1.165, 1.54) is 16.8 Å². The number of halogens is 1. The van der Waals surface area contributed by atoms with Crippen LogP contribution in [0, 0.1) is 16.0 Å². The predicted molar refractivity (Wildman–Crippen MR) is 210 cm³/mol. The fourth-order valence-electron chi connectivity index (χ4n) is 8.72. The van der Waals surface area contributed by atoms with E-state index in [1.807, 2.05) is 48.5 Å². The Bertz CT molecular complexity index is 2520. The van der Waals surface area contributed by atoms with Gasteiger partial charge in [-0.2, -0.15) is 9.78 Å². The van der Waals surface area contributed by atoms with E-state index >= 15 is 4.11 Å². The first-order valence-corrected chi connectivity index (χ1v) is 21.5. The molecule has 1 unspecified atom stereocenters. The first-order chi connectivity index (χ1) is 26.9. The van der Waals surface area contributed by atoms with Crippen molar-refractivity contribution in [3.8, 4) is 5.69 Å². The number of non-ortho nitro benzene ring substituents is 1. The van der Waals surface area contributed by atoms with Crippen molar-refractivity contribution in [3.05, 3.63) is 152 Å². The summed E-state index contributed by atoms with van der Waals surface area (Å²) < 4.78 is 26.3. The molecule has 2 aliphatic heterocycles. The van der Waals surface area contributed by atoms with Gasteiger partial charge in [-0.3, -0.25) is 24.4 Å². The molecule has 13 nitrogen and oxygen atoms in total. The first kappa shape index (κ1) is 37.0. The SMILES string of the molecule is C[C@H]1[C@H]([Si](C)(C)F)[C@@H](CCn2cc(C(CO)c3ccccc3)nn2)O[C@]12C(=O)N(Cc1cccc(-n3ncc4ccccc4c3=O)c1)c1ccc([N+](=O)[O-])cc12. The third-order valence-electron chi connectivity index (χ3n) is 11.3. The number of nitro groups is 1. The van der Waals surface area contributed by atoms with E-state index in [9.17, 15) is 24.8 Å². The maximum absolute atomic E-state index is 16.5. The van der Waals surface area contributed by atoms with Gasteiger partial charge in [0.1, 0.15) is 0 Å². The molecule has 0 radical (unpaired) electrons. The molecule has 6 aromatic rings. The van der Waals surface area contributed by atoms with Crippen LogP contribution in [0.15, 0.2) is 114 Å². The molecule has 4 heterocycles. The number of ether oxygens (including phenoxy) is 1. The van der Waals surface area contributed by atoms with Gasteiger partial charge < -0.3 is 18.9 Å². The Hall–Kier alpha value is -5.90. The van der Waals surface area contributed by atoms with E-state index in [0.29, 0.717) is 46.5 Å². The smallest absolute Gasteiger partial charge is 0.279 e. The van der Waals surface area contributed by atoms with Crippen LogP contribution < -0.4 is 10.5 Å². The first-order valence-electron chi connectivity index (χ1n) is 18.5. The summed E-state index contributed by atoms with van der Waals surface area (Å²) in [6, 6.07) is 28.1. The number of nitrogens with zero attached hydrogens (tertiary/aromatic N) is 7. The van der Waals surface area contributed by atoms with E-state index < -0.39 is 42.4 Å². The standard InChI is InChI=1S/C41H40FN7O6Si/c1-26-38(56(2,3)42)37(18-19-46-24-35(44-45-46)33(25-50)28-11-5-4-6-12-28)55-41(26)34-21-31(49(53)54)16-17-36(34)47(40(41)52)23-27-10-9-14-30(20-27)48-39(51)32-15-8-7-13-29(32)22-43-48/h4-17,20-22,24,26,33,37-38,50H,18-19,23,25H2,1-3H3/t26-,33?,37+,38-,41+/m0/s1. The Morgan fingerprint density at radius 1 is 1.02 bits per heavy atom. The van der Waals surface area contributed by atoms with Crippen LogP contribution in [0.3, 0.4) is 0 Å². The van der Waals surface area contributed by atoms with Crippen LogP contribution in [0.25, 0.3) is 16.5 Å². The van der Waals surface area contributed by atoms with Crippen molar-refractivity contribution in [1.29, 1.82) is 0 Å². The van der Waals surface area contributed by atoms with Crippen LogP contribution in [-0.4, -0.2) is 61.8 Å². The number of carbonyl (C=O) groups excluding carboxylic acids is 1. The van der Waals surface area contributed by atoms with Gasteiger partial charge in [-0.15, -0.1) is 5.10 Å². The maximum atomic E-state index is 16.5. The minimum atomic E-state index is -3.54. The van der Waals surface area contributed by atoms with Gasteiger partial charge in [-0.25, -0.2) is 0 Å². The van der Waals surface area contributed by atoms with Crippen LogP contribution >= 0.6 is 0 Å². The Labute approximate surface area is 322 Å². The second kappa shape index (κ2) is 14.3. The van der Waals surface area contributed by atoms with Crippen LogP contribution in [-0.2, 0) is 28.2 Å². The number of aryl methyl sites for hydroxylation is 1. The number of hydrogen-bond donors (Lipinski definition) is 1. The fourth-order valence-corrected chi connectivity index (χ4v) is 11.3. The highest BCUT2D eigenvalue weighted by atomic mass is 28.4. The van der Waals surface area contributed by atoms with E-state index in [0.717, 1.165) is 10.9 Å². The number of rotatable bonds is 11. The average Bonchev–Trinajstić information content (AvgIpc) is 3.85. The zero-order valence-corrected chi connectivity index (χ0v) is 32.0. The molecule has 4 aromatic carbocycles. The van der Waals surface area contributed by atoms with Crippen molar-refractivity contribution >= 4 is 36.5 Å². The molecule has 2 aliphatic rings. The summed E-state index contributed by atoms with van der Waals surface area (Å²) in [6.45, 7) is 5.19. The number of aliphatic hydroxyl groups is 1. The molecule has 0 aliphatic carbocycles. The van der Waals surface area contributed by atoms with Crippen molar-refractivity contribution in [2.75, 3.05) is 11.5 Å². The quantitative estimate of drug-likeness (QED) is 0.0679. The highest BCUT2D eigenvalue weighted by molar-refractivity contribution is 6.72. The van der Waals surface area contributed by atoms with Crippen LogP contribution in [0.1, 0.15) is 41.6 Å². The van der Waals surface area contributed by atoms with Crippen LogP contribution in [0.4, 0.5) is 15.5 Å². The molecule has 1 N–H and O–H groups in total. The molecule has 1 spiro atoms. The van der Waals surface area contributed by atoms with Gasteiger partial charge in [0.25, 0.3) is 17.2 Å². The molecule has 1 amide bonds. The summed E-state index contributed by atoms with van der Waals surface area (Å²) in [4.78, 5) is 41.5. The van der Waals surface area contributed by atoms with E-state index in [4.69, 9.17) is 4.74 Å². The lowest BCUT2D eigenvalue weighted by atomic mass is 9.82. The summed E-state index contributed by atoms with van der Waals surface area (Å²) in [6.07, 6.45) is 2.95. The fraction of sp³-hybridized carbons (Fsp3) is 0.293. The highest BCUT2D eigenvalue weighted by Crippen LogP contribution is 2.60. The van der Waals surface area contributed by atoms with Gasteiger partial charge in [0, 0.05) is 47.3 Å². The molecule has 0 bridgehead atoms. The molecular formula is C41H40FN7O6Si. The lowest BCUT2D eigenvalue weighted by Gasteiger charge is -2.31. The van der Waals surface area contributed by atoms with Crippen molar-refractivity contribution < 1.29 is 23.7 Å². The number of hydrogen-bond acceptors (Lipinski definition) is 9. The lowest BCUT2D eigenvalue weighted by molar-refractivity contribution is -0.385. The maximum Gasteiger partial charge on any atom is 0.279 e. The van der Waals surface area contributed by atoms with Gasteiger partial charge >= 0.3 is 0 Å². The van der Waals surface area contributed by atoms with E-state index in [-0.39, 0.29) is 30.3 Å². The summed E-state index contributed by atoms with van der Waals surface area (Å²) in [5.41, 5.74) is 0.593. The summed E-state index contributed by atoms with van der Waals surface area (Å²) in [5.74, 6) is -1.48. The normalized spacial score (nSPS) is 21.2. The number of aromatic nitrogens is 5. The van der Waals surface area contributed by atoms with Gasteiger partial charge in [0.2, 0.25) is 8.41 Å². The van der Waals surface area contributed by atoms with Crippen molar-refractivity contribution in [3.63, 3.8) is 0 Å². The molecule has 286 valence electrons. The van der Waals surface area contributed by atoms with Gasteiger partial charge in [-0.1, -0.05) is 72.8 Å². The third kappa shape index (κ3) is 6.30. The van der Waals surface area contributed by atoms with E-state index in [2.05, 4.69) is 15.4 Å². The number of nitro benzene ring substituents is 1. The molecule has 8 rings (SSSR count). The molecular weight excluding hydrogens is 734 g/mol. The van der Waals surface area contributed by atoms with Gasteiger partial charge in [-0.05, 0) is 54.9 Å². The zero-order valence-electron chi connectivity index (χ0n) is 31.0. The number of amides is 1. The largest absolute Gasteiger partial charge is 0.395 e. The summed E-state index contributed by atoms with van der Waals surface area (Å²) in [7, 11) is -3.54. The summed E-state index contributed by atoms with van der Waals surface area (Å²) >= 11 is 0. The number of fused-ring (bicyclic) bond motifs is 3. The second-order valence-electron chi connectivity index (χ2n) is 15.1. The number of carbonyl (C=O) groups is 1. The van der Waals surface area contributed by atoms with Crippen LogP contribution in [0.5, 0.6) is 0 Å². The molecule has 5 atom stereocenters. The minimum Gasteiger partial charge on any atom is -0.395 e. The molecule has 0 saturated carbocycles. The second-order valence-corrected chi connectivity index (χ2v) is 18.9. The Kier molecular flexibility index (Phi) is 9.46. The lowest BCUT2D eigenvalue weighted by Crippen LogP contribution is -2.45. The predicted octanol–water partition coefficient (Wildman–Crippen LogP) is 6.42. The van der Waals surface area contributed by atoms with Crippen LogP contribution in [0.2, 0.25) is 18.6 Å². The Morgan fingerprint density at radius 3 is 2.54 bits per heavy atom. The molecule has 1 saturated heterocycles. The van der Waals surface area contributed by atoms with Gasteiger partial charge in [0.05, 0.1) is 58.7 Å². The van der Waals surface area contributed by atoms with Crippen molar-refractivity contribution in [1.82, 2.24) is 24.8 Å². The average molecular weight is 774 g/mol. The van der Waals surface area contributed by atoms with Crippen molar-refractivity contribution in [2.45, 2.75) is 62.7 Å². The zero-order chi connectivity index (χ0) is 39.4. The summed E-state index contributed by atoms with van der Waals surface area (Å²) in [5, 5.41) is 36.5. The Morgan fingerprint density at radius 2 is 1.79 bits per heavy atom. The molecule has 1 fully saturated rings. The molecule has 15 heteroatoms. The highest BCUT2D eigenvalue weighted by Gasteiger charge is 2.67. The molecule has 56 heavy (non-hydrogen) atoms. The van der Waals surface area contributed by atoms with Gasteiger partial charge in [0.15, 0.2) is 5.60 Å². The number of benzene rings is 4. The van der Waals surface area contributed by atoms with Crippen molar-refractivity contribution in [2.24, 2.45) is 5.92 Å². The van der Waals surface area contributed by atoms with E-state index in [1.54, 1.807) is 78.4 Å². The Balaban J connectivity index is 1.12. The number of aliphatic hydroxyl groups excluding tert-OH is 1. The molecule has 2 aromatic heterocycles.